The highest BCUT2D eigenvalue weighted by Crippen LogP contribution is 2.66. The number of ether oxygens (including phenoxy) is 1. The van der Waals surface area contributed by atoms with E-state index < -0.39 is 16.2 Å². The van der Waals surface area contributed by atoms with Crippen molar-refractivity contribution >= 4 is 33.4 Å². The van der Waals surface area contributed by atoms with Gasteiger partial charge in [-0.15, -0.1) is 0 Å². The Labute approximate surface area is 182 Å². The molecule has 3 aromatic carbocycles. The van der Waals surface area contributed by atoms with Gasteiger partial charge in [0.15, 0.2) is 0 Å². The van der Waals surface area contributed by atoms with Crippen LogP contribution in [0.3, 0.4) is 0 Å². The molecule has 4 nitrogen and oxygen atoms in total. The molecule has 3 aliphatic carbocycles. The summed E-state index contributed by atoms with van der Waals surface area (Å²) < 4.78 is 4.51. The summed E-state index contributed by atoms with van der Waals surface area (Å²) in [5.41, 5.74) is 5.03. The number of anilines is 1. The predicted molar refractivity (Wildman–Crippen MR) is 117 cm³/mol. The van der Waals surface area contributed by atoms with Crippen molar-refractivity contribution in [1.82, 2.24) is 0 Å². The molecular formula is C25H18BrNO3. The monoisotopic (exact) mass is 459 g/mol. The Bertz CT molecular complexity index is 1170. The van der Waals surface area contributed by atoms with Gasteiger partial charge in [0.1, 0.15) is 5.75 Å². The number of halogens is 1. The summed E-state index contributed by atoms with van der Waals surface area (Å²) >= 11 is 4.01. The van der Waals surface area contributed by atoms with Crippen molar-refractivity contribution in [3.63, 3.8) is 0 Å². The second-order valence-corrected chi connectivity index (χ2v) is 9.33. The topological polar surface area (TPSA) is 46.6 Å². The number of amides is 2. The molecule has 1 aliphatic heterocycles. The summed E-state index contributed by atoms with van der Waals surface area (Å²) in [7, 11) is 1.59. The maximum Gasteiger partial charge on any atom is 0.239 e. The lowest BCUT2D eigenvalue weighted by Gasteiger charge is -2.51. The number of carbonyl (C=O) groups is 2. The molecule has 0 radical (unpaired) electrons. The Hall–Kier alpha value is -2.92. The van der Waals surface area contributed by atoms with Crippen LogP contribution in [0.2, 0.25) is 0 Å². The number of hydrogen-bond donors (Lipinski definition) is 0. The first kappa shape index (κ1) is 17.9. The number of methoxy groups -OCH3 is 1. The highest BCUT2D eigenvalue weighted by Gasteiger charge is 2.67. The van der Waals surface area contributed by atoms with Gasteiger partial charge < -0.3 is 4.74 Å². The number of alkyl halides is 1. The Morgan fingerprint density at radius 2 is 1.40 bits per heavy atom. The highest BCUT2D eigenvalue weighted by molar-refractivity contribution is 9.09. The molecule has 0 spiro atoms. The van der Waals surface area contributed by atoms with Crippen LogP contribution >= 0.6 is 15.9 Å². The van der Waals surface area contributed by atoms with Gasteiger partial charge in [-0.25, -0.2) is 4.90 Å². The van der Waals surface area contributed by atoms with Crippen LogP contribution < -0.4 is 9.64 Å². The molecule has 5 heteroatoms. The second-order valence-electron chi connectivity index (χ2n) is 8.08. The normalized spacial score (nSPS) is 28.2. The molecule has 0 unspecified atom stereocenters. The van der Waals surface area contributed by atoms with E-state index in [0.717, 1.165) is 22.3 Å². The number of rotatable bonds is 2. The van der Waals surface area contributed by atoms with Crippen LogP contribution in [0.1, 0.15) is 28.2 Å². The molecule has 2 bridgehead atoms. The Morgan fingerprint density at radius 3 is 1.97 bits per heavy atom. The van der Waals surface area contributed by atoms with E-state index in [4.69, 9.17) is 4.74 Å². The Morgan fingerprint density at radius 1 is 0.833 bits per heavy atom. The van der Waals surface area contributed by atoms with Crippen molar-refractivity contribution in [2.24, 2.45) is 11.8 Å². The summed E-state index contributed by atoms with van der Waals surface area (Å²) in [6.07, 6.45) is 0. The summed E-state index contributed by atoms with van der Waals surface area (Å²) in [5.74, 6) is -0.631. The van der Waals surface area contributed by atoms with E-state index >= 15 is 0 Å². The van der Waals surface area contributed by atoms with Gasteiger partial charge >= 0.3 is 0 Å². The van der Waals surface area contributed by atoms with Gasteiger partial charge in [0.2, 0.25) is 11.8 Å². The molecule has 3 aromatic rings. The third kappa shape index (κ3) is 2.01. The molecule has 1 fully saturated rings. The van der Waals surface area contributed by atoms with Gasteiger partial charge in [0.25, 0.3) is 0 Å². The van der Waals surface area contributed by atoms with Crippen molar-refractivity contribution in [1.29, 1.82) is 0 Å². The average Bonchev–Trinajstić information content (AvgIpc) is 3.06. The molecule has 4 aliphatic rings. The van der Waals surface area contributed by atoms with Crippen molar-refractivity contribution in [3.8, 4) is 5.75 Å². The molecule has 30 heavy (non-hydrogen) atoms. The molecule has 2 atom stereocenters. The highest BCUT2D eigenvalue weighted by atomic mass is 79.9. The summed E-state index contributed by atoms with van der Waals surface area (Å²) in [5, 5.41) is 0. The van der Waals surface area contributed by atoms with Gasteiger partial charge in [-0.05, 0) is 46.5 Å². The SMILES string of the molecule is COc1ccc(N2C(=O)[C@@H]3C4c5ccccc5C(Br)(c5ccccc54)[C@@H]3C2=O)cc1. The van der Waals surface area contributed by atoms with Gasteiger partial charge in [-0.2, -0.15) is 0 Å². The molecule has 1 heterocycles. The fraction of sp³-hybridized carbons (Fsp3) is 0.200. The maximum absolute atomic E-state index is 13.8. The quantitative estimate of drug-likeness (QED) is 0.415. The number of imide groups is 1. The van der Waals surface area contributed by atoms with Crippen molar-refractivity contribution < 1.29 is 14.3 Å². The van der Waals surface area contributed by atoms with Crippen molar-refractivity contribution in [2.45, 2.75) is 10.2 Å². The first-order valence-electron chi connectivity index (χ1n) is 9.97. The smallest absolute Gasteiger partial charge is 0.239 e. The molecule has 0 N–H and O–H groups in total. The standard InChI is InChI=1S/C25H18BrNO3/c1-30-15-12-10-14(11-13-15)27-23(28)21-20-16-6-2-4-8-18(16)25(26,22(21)24(27)29)19-9-5-3-7-17(19)20/h2-13,20-22H,1H3/t20?,21-,22+,25?/m1/s1. The Balaban J connectivity index is 1.57. The number of nitrogens with zero attached hydrogens (tertiary/aromatic N) is 1. The summed E-state index contributed by atoms with van der Waals surface area (Å²) in [4.78, 5) is 28.8. The summed E-state index contributed by atoms with van der Waals surface area (Å²) in [6, 6.07) is 23.5. The molecule has 2 amide bonds. The molecule has 7 rings (SSSR count). The third-order valence-corrected chi connectivity index (χ3v) is 8.19. The summed E-state index contributed by atoms with van der Waals surface area (Å²) in [6.45, 7) is 0. The third-order valence-electron chi connectivity index (χ3n) is 6.85. The Kier molecular flexibility index (Phi) is 3.61. The van der Waals surface area contributed by atoms with Crippen LogP contribution in [-0.4, -0.2) is 18.9 Å². The van der Waals surface area contributed by atoms with E-state index in [1.807, 2.05) is 24.3 Å². The molecular weight excluding hydrogens is 442 g/mol. The van der Waals surface area contributed by atoms with Crippen LogP contribution in [0, 0.1) is 11.8 Å². The van der Waals surface area contributed by atoms with E-state index in [1.165, 1.54) is 4.90 Å². The maximum atomic E-state index is 13.8. The fourth-order valence-electron chi connectivity index (χ4n) is 5.66. The van der Waals surface area contributed by atoms with Gasteiger partial charge in [-0.3, -0.25) is 9.59 Å². The van der Waals surface area contributed by atoms with Crippen molar-refractivity contribution in [2.75, 3.05) is 12.0 Å². The minimum atomic E-state index is -0.715. The van der Waals surface area contributed by atoms with Crippen LogP contribution in [0.15, 0.2) is 72.8 Å². The molecule has 0 aromatic heterocycles. The minimum absolute atomic E-state index is 0.124. The minimum Gasteiger partial charge on any atom is -0.497 e. The van der Waals surface area contributed by atoms with E-state index in [1.54, 1.807) is 31.4 Å². The zero-order valence-electron chi connectivity index (χ0n) is 16.2. The van der Waals surface area contributed by atoms with Gasteiger partial charge in [0.05, 0.1) is 29.0 Å². The van der Waals surface area contributed by atoms with Crippen LogP contribution in [-0.2, 0) is 13.9 Å². The number of carbonyl (C=O) groups excluding carboxylic acids is 2. The largest absolute Gasteiger partial charge is 0.497 e. The van der Waals surface area contributed by atoms with Crippen LogP contribution in [0.25, 0.3) is 0 Å². The van der Waals surface area contributed by atoms with Gasteiger partial charge in [-0.1, -0.05) is 64.5 Å². The average molecular weight is 460 g/mol. The lowest BCUT2D eigenvalue weighted by atomic mass is 9.55. The number of benzene rings is 3. The van der Waals surface area contributed by atoms with Gasteiger partial charge in [0, 0.05) is 5.92 Å². The van der Waals surface area contributed by atoms with Crippen LogP contribution in [0.5, 0.6) is 5.75 Å². The van der Waals surface area contributed by atoms with Crippen molar-refractivity contribution in [3.05, 3.63) is 95.1 Å². The fourth-order valence-corrected chi connectivity index (χ4v) is 6.87. The molecule has 148 valence electrons. The van der Waals surface area contributed by atoms with E-state index in [-0.39, 0.29) is 17.7 Å². The van der Waals surface area contributed by atoms with Crippen LogP contribution in [0.4, 0.5) is 5.69 Å². The van der Waals surface area contributed by atoms with E-state index in [9.17, 15) is 9.59 Å². The predicted octanol–water partition coefficient (Wildman–Crippen LogP) is 4.60. The number of hydrogen-bond acceptors (Lipinski definition) is 3. The van der Waals surface area contributed by atoms with E-state index in [2.05, 4.69) is 40.2 Å². The lowest BCUT2D eigenvalue weighted by molar-refractivity contribution is -0.122. The first-order chi connectivity index (χ1) is 14.6. The molecule has 0 saturated carbocycles. The lowest BCUT2D eigenvalue weighted by Crippen LogP contribution is -2.50. The zero-order chi connectivity index (χ0) is 20.6. The zero-order valence-corrected chi connectivity index (χ0v) is 17.8. The van der Waals surface area contributed by atoms with E-state index in [0.29, 0.717) is 11.4 Å². The molecule has 1 saturated heterocycles. The first-order valence-corrected chi connectivity index (χ1v) is 10.8. The second kappa shape index (κ2) is 6.05.